The Morgan fingerprint density at radius 2 is 2.00 bits per heavy atom. The minimum Gasteiger partial charge on any atom is -0.481 e. The molecule has 0 amide bonds. The average molecular weight is 235 g/mol. The molecule has 0 spiro atoms. The molecule has 0 atom stereocenters. The molecule has 0 aliphatic carbocycles. The van der Waals surface area contributed by atoms with Crippen LogP contribution in [0.3, 0.4) is 0 Å². The van der Waals surface area contributed by atoms with Crippen LogP contribution in [0.1, 0.15) is 31.4 Å². The fraction of sp³-hybridized carbons (Fsp3) is 0.500. The summed E-state index contributed by atoms with van der Waals surface area (Å²) in [4.78, 5) is 10.7. The number of nitrogens with one attached hydrogen (secondary N) is 1. The SMILES string of the molecule is Cc1ccc(NCC(C)(C)CC(=O)O)c(C)c1. The van der Waals surface area contributed by atoms with Gasteiger partial charge in [0, 0.05) is 12.2 Å². The Kier molecular flexibility index (Phi) is 4.16. The maximum absolute atomic E-state index is 10.7. The summed E-state index contributed by atoms with van der Waals surface area (Å²) in [6.45, 7) is 8.68. The van der Waals surface area contributed by atoms with Crippen molar-refractivity contribution < 1.29 is 9.90 Å². The second-order valence-electron chi connectivity index (χ2n) is 5.41. The van der Waals surface area contributed by atoms with E-state index in [0.717, 1.165) is 5.69 Å². The second kappa shape index (κ2) is 5.21. The van der Waals surface area contributed by atoms with E-state index in [-0.39, 0.29) is 11.8 Å². The van der Waals surface area contributed by atoms with Crippen molar-refractivity contribution in [3.05, 3.63) is 29.3 Å². The number of carboxylic acids is 1. The van der Waals surface area contributed by atoms with Crippen molar-refractivity contribution in [3.63, 3.8) is 0 Å². The summed E-state index contributed by atoms with van der Waals surface area (Å²) in [6.07, 6.45) is 0.172. The molecule has 0 saturated carbocycles. The number of carboxylic acid groups (broad SMARTS) is 1. The molecule has 0 aromatic heterocycles. The molecule has 1 aromatic carbocycles. The maximum atomic E-state index is 10.7. The van der Waals surface area contributed by atoms with E-state index in [2.05, 4.69) is 31.3 Å². The van der Waals surface area contributed by atoms with Crippen LogP contribution in [0.15, 0.2) is 18.2 Å². The number of benzene rings is 1. The van der Waals surface area contributed by atoms with E-state index in [1.165, 1.54) is 11.1 Å². The van der Waals surface area contributed by atoms with Crippen LogP contribution in [0.25, 0.3) is 0 Å². The zero-order valence-corrected chi connectivity index (χ0v) is 11.0. The number of hydrogen-bond acceptors (Lipinski definition) is 2. The van der Waals surface area contributed by atoms with Crippen LogP contribution in [0.5, 0.6) is 0 Å². The van der Waals surface area contributed by atoms with Crippen molar-refractivity contribution in [1.82, 2.24) is 0 Å². The number of aliphatic carboxylic acids is 1. The normalized spacial score (nSPS) is 11.3. The number of rotatable bonds is 5. The molecule has 94 valence electrons. The van der Waals surface area contributed by atoms with Gasteiger partial charge in [0.05, 0.1) is 6.42 Å². The van der Waals surface area contributed by atoms with Crippen molar-refractivity contribution in [3.8, 4) is 0 Å². The largest absolute Gasteiger partial charge is 0.481 e. The van der Waals surface area contributed by atoms with Gasteiger partial charge in [-0.3, -0.25) is 4.79 Å². The number of carbonyl (C=O) groups is 1. The van der Waals surface area contributed by atoms with Crippen LogP contribution in [-0.4, -0.2) is 17.6 Å². The fourth-order valence-electron chi connectivity index (χ4n) is 1.82. The molecule has 0 aliphatic heterocycles. The standard InChI is InChI=1S/C14H21NO2/c1-10-5-6-12(11(2)7-10)15-9-14(3,4)8-13(16)17/h5-7,15H,8-9H2,1-4H3,(H,16,17). The fourth-order valence-corrected chi connectivity index (χ4v) is 1.82. The van der Waals surface area contributed by atoms with Gasteiger partial charge in [-0.2, -0.15) is 0 Å². The Labute approximate surface area is 103 Å². The summed E-state index contributed by atoms with van der Waals surface area (Å²) in [5.74, 6) is -0.752. The molecule has 0 fully saturated rings. The lowest BCUT2D eigenvalue weighted by Gasteiger charge is -2.24. The average Bonchev–Trinajstić information content (AvgIpc) is 2.14. The van der Waals surface area contributed by atoms with Crippen LogP contribution in [0.2, 0.25) is 0 Å². The lowest BCUT2D eigenvalue weighted by molar-refractivity contribution is -0.139. The van der Waals surface area contributed by atoms with E-state index in [1.54, 1.807) is 0 Å². The molecular weight excluding hydrogens is 214 g/mol. The van der Waals surface area contributed by atoms with E-state index in [9.17, 15) is 4.79 Å². The third-order valence-electron chi connectivity index (χ3n) is 2.77. The van der Waals surface area contributed by atoms with Crippen molar-refractivity contribution in [1.29, 1.82) is 0 Å². The molecule has 0 bridgehead atoms. The van der Waals surface area contributed by atoms with Gasteiger partial charge in [-0.05, 0) is 30.9 Å². The van der Waals surface area contributed by atoms with E-state index < -0.39 is 5.97 Å². The quantitative estimate of drug-likeness (QED) is 0.823. The zero-order chi connectivity index (χ0) is 13.1. The van der Waals surface area contributed by atoms with Crippen molar-refractivity contribution in [2.24, 2.45) is 5.41 Å². The molecule has 0 saturated heterocycles. The highest BCUT2D eigenvalue weighted by molar-refractivity contribution is 5.67. The van der Waals surface area contributed by atoms with Gasteiger partial charge in [0.25, 0.3) is 0 Å². The molecule has 3 heteroatoms. The first-order chi connectivity index (χ1) is 7.80. The third kappa shape index (κ3) is 4.47. The van der Waals surface area contributed by atoms with Crippen LogP contribution < -0.4 is 5.32 Å². The highest BCUT2D eigenvalue weighted by Gasteiger charge is 2.21. The molecule has 3 nitrogen and oxygen atoms in total. The smallest absolute Gasteiger partial charge is 0.303 e. The summed E-state index contributed by atoms with van der Waals surface area (Å²) >= 11 is 0. The summed E-state index contributed by atoms with van der Waals surface area (Å²) in [5.41, 5.74) is 3.26. The lowest BCUT2D eigenvalue weighted by Crippen LogP contribution is -2.26. The Morgan fingerprint density at radius 1 is 1.35 bits per heavy atom. The van der Waals surface area contributed by atoms with Gasteiger partial charge in [-0.25, -0.2) is 0 Å². The number of hydrogen-bond donors (Lipinski definition) is 2. The first kappa shape index (κ1) is 13.6. The van der Waals surface area contributed by atoms with Gasteiger partial charge in [0.1, 0.15) is 0 Å². The van der Waals surface area contributed by atoms with Crippen molar-refractivity contribution in [2.45, 2.75) is 34.1 Å². The molecule has 1 rings (SSSR count). The zero-order valence-electron chi connectivity index (χ0n) is 11.0. The minimum atomic E-state index is -0.752. The topological polar surface area (TPSA) is 49.3 Å². The van der Waals surface area contributed by atoms with Crippen molar-refractivity contribution in [2.75, 3.05) is 11.9 Å². The van der Waals surface area contributed by atoms with Gasteiger partial charge >= 0.3 is 5.97 Å². The molecule has 0 unspecified atom stereocenters. The molecule has 0 aliphatic rings. The van der Waals surface area contributed by atoms with Gasteiger partial charge < -0.3 is 10.4 Å². The predicted octanol–water partition coefficient (Wildman–Crippen LogP) is 3.22. The highest BCUT2D eigenvalue weighted by Crippen LogP contribution is 2.23. The maximum Gasteiger partial charge on any atom is 0.303 e. The van der Waals surface area contributed by atoms with Crippen LogP contribution in [0, 0.1) is 19.3 Å². The summed E-state index contributed by atoms with van der Waals surface area (Å²) in [5, 5.41) is 12.1. The highest BCUT2D eigenvalue weighted by atomic mass is 16.4. The molecular formula is C14H21NO2. The summed E-state index contributed by atoms with van der Waals surface area (Å²) in [6, 6.07) is 6.22. The minimum absolute atomic E-state index is 0.172. The third-order valence-corrected chi connectivity index (χ3v) is 2.77. The first-order valence-electron chi connectivity index (χ1n) is 5.83. The van der Waals surface area contributed by atoms with E-state index in [1.807, 2.05) is 19.9 Å². The molecule has 17 heavy (non-hydrogen) atoms. The van der Waals surface area contributed by atoms with E-state index in [4.69, 9.17) is 5.11 Å². The monoisotopic (exact) mass is 235 g/mol. The first-order valence-corrected chi connectivity index (χ1v) is 5.83. The van der Waals surface area contributed by atoms with Gasteiger partial charge in [-0.15, -0.1) is 0 Å². The Balaban J connectivity index is 2.64. The molecule has 0 radical (unpaired) electrons. The Hall–Kier alpha value is -1.51. The van der Waals surface area contributed by atoms with Crippen LogP contribution in [-0.2, 0) is 4.79 Å². The molecule has 2 N–H and O–H groups in total. The summed E-state index contributed by atoms with van der Waals surface area (Å²) in [7, 11) is 0. The van der Waals surface area contributed by atoms with E-state index >= 15 is 0 Å². The Morgan fingerprint density at radius 3 is 2.53 bits per heavy atom. The number of anilines is 1. The molecule has 1 aromatic rings. The van der Waals surface area contributed by atoms with Gasteiger partial charge in [-0.1, -0.05) is 31.5 Å². The van der Waals surface area contributed by atoms with Gasteiger partial charge in [0.15, 0.2) is 0 Å². The Bertz CT molecular complexity index is 411. The van der Waals surface area contributed by atoms with Crippen LogP contribution >= 0.6 is 0 Å². The second-order valence-corrected chi connectivity index (χ2v) is 5.41. The number of aryl methyl sites for hydroxylation is 2. The lowest BCUT2D eigenvalue weighted by atomic mass is 9.89. The molecule has 0 heterocycles. The predicted molar refractivity (Wildman–Crippen MR) is 70.4 cm³/mol. The van der Waals surface area contributed by atoms with Gasteiger partial charge in [0.2, 0.25) is 0 Å². The summed E-state index contributed by atoms with van der Waals surface area (Å²) < 4.78 is 0. The van der Waals surface area contributed by atoms with E-state index in [0.29, 0.717) is 6.54 Å². The van der Waals surface area contributed by atoms with Crippen molar-refractivity contribution >= 4 is 11.7 Å². The van der Waals surface area contributed by atoms with Crippen LogP contribution in [0.4, 0.5) is 5.69 Å².